The second-order valence-electron chi connectivity index (χ2n) is 9.36. The standard InChI is InChI=1S/C28H39F/c1-4-6-8-24-13-18-27(28(29)20-24)26-16-10-22(11-17-26)9-14-25-15-12-23(7-5-2)19-21(25)3/h10-11,13,16-18,20-21,23,25H,4-9,12,14-15,19H2,1-3H3. The second kappa shape index (κ2) is 11.0. The summed E-state index contributed by atoms with van der Waals surface area (Å²) in [5.74, 6) is 2.61. The van der Waals surface area contributed by atoms with Crippen LogP contribution in [0, 0.1) is 23.6 Å². The number of hydrogen-bond donors (Lipinski definition) is 0. The Labute approximate surface area is 177 Å². The maximum absolute atomic E-state index is 14.6. The topological polar surface area (TPSA) is 0 Å². The summed E-state index contributed by atoms with van der Waals surface area (Å²) in [6.07, 6.45) is 12.7. The third-order valence-electron chi connectivity index (χ3n) is 7.07. The summed E-state index contributed by atoms with van der Waals surface area (Å²) >= 11 is 0. The molecule has 0 aliphatic heterocycles. The molecule has 1 aliphatic carbocycles. The fraction of sp³-hybridized carbons (Fsp3) is 0.571. The molecule has 0 aromatic heterocycles. The van der Waals surface area contributed by atoms with Crippen molar-refractivity contribution in [2.45, 2.75) is 85.0 Å². The number of aryl methyl sites for hydroxylation is 2. The van der Waals surface area contributed by atoms with E-state index in [0.717, 1.165) is 60.1 Å². The highest BCUT2D eigenvalue weighted by Gasteiger charge is 2.26. The van der Waals surface area contributed by atoms with Gasteiger partial charge in [0.15, 0.2) is 0 Å². The molecule has 3 unspecified atom stereocenters. The molecule has 0 amide bonds. The molecule has 0 spiro atoms. The molecule has 158 valence electrons. The van der Waals surface area contributed by atoms with E-state index < -0.39 is 0 Å². The molecule has 1 aliphatic rings. The molecule has 2 aromatic rings. The van der Waals surface area contributed by atoms with E-state index in [2.05, 4.69) is 51.1 Å². The Morgan fingerprint density at radius 3 is 2.28 bits per heavy atom. The molecule has 1 fully saturated rings. The van der Waals surface area contributed by atoms with E-state index in [4.69, 9.17) is 0 Å². The molecule has 1 saturated carbocycles. The van der Waals surface area contributed by atoms with Crippen LogP contribution in [0.2, 0.25) is 0 Å². The van der Waals surface area contributed by atoms with E-state index in [1.165, 1.54) is 44.1 Å². The van der Waals surface area contributed by atoms with Crippen LogP contribution in [0.1, 0.15) is 83.3 Å². The molecule has 29 heavy (non-hydrogen) atoms. The minimum absolute atomic E-state index is 0.0935. The van der Waals surface area contributed by atoms with Gasteiger partial charge in [0.25, 0.3) is 0 Å². The van der Waals surface area contributed by atoms with Crippen molar-refractivity contribution in [1.82, 2.24) is 0 Å². The van der Waals surface area contributed by atoms with Gasteiger partial charge >= 0.3 is 0 Å². The minimum atomic E-state index is -0.0935. The molecular formula is C28H39F. The summed E-state index contributed by atoms with van der Waals surface area (Å²) in [7, 11) is 0. The summed E-state index contributed by atoms with van der Waals surface area (Å²) in [6, 6.07) is 14.3. The molecule has 2 aromatic carbocycles. The van der Waals surface area contributed by atoms with Crippen LogP contribution < -0.4 is 0 Å². The quantitative estimate of drug-likeness (QED) is 0.399. The number of rotatable bonds is 9. The highest BCUT2D eigenvalue weighted by atomic mass is 19.1. The Morgan fingerprint density at radius 1 is 0.862 bits per heavy atom. The van der Waals surface area contributed by atoms with Gasteiger partial charge in [-0.25, -0.2) is 4.39 Å². The van der Waals surface area contributed by atoms with Gasteiger partial charge in [-0.15, -0.1) is 0 Å². The van der Waals surface area contributed by atoms with Gasteiger partial charge in [-0.2, -0.15) is 0 Å². The number of unbranched alkanes of at least 4 members (excludes halogenated alkanes) is 1. The van der Waals surface area contributed by atoms with E-state index in [0.29, 0.717) is 0 Å². The highest BCUT2D eigenvalue weighted by Crippen LogP contribution is 2.38. The Balaban J connectivity index is 1.55. The lowest BCUT2D eigenvalue weighted by Gasteiger charge is -2.34. The monoisotopic (exact) mass is 394 g/mol. The molecular weight excluding hydrogens is 355 g/mol. The Hall–Kier alpha value is -1.63. The van der Waals surface area contributed by atoms with Crippen LogP contribution in [-0.2, 0) is 12.8 Å². The van der Waals surface area contributed by atoms with Crippen molar-refractivity contribution >= 4 is 0 Å². The van der Waals surface area contributed by atoms with Crippen molar-refractivity contribution < 1.29 is 4.39 Å². The minimum Gasteiger partial charge on any atom is -0.206 e. The van der Waals surface area contributed by atoms with Crippen molar-refractivity contribution in [3.05, 3.63) is 59.4 Å². The average Bonchev–Trinajstić information content (AvgIpc) is 2.72. The van der Waals surface area contributed by atoms with Crippen LogP contribution >= 0.6 is 0 Å². The zero-order valence-electron chi connectivity index (χ0n) is 18.7. The predicted octanol–water partition coefficient (Wildman–Crippen LogP) is 8.62. The van der Waals surface area contributed by atoms with E-state index in [9.17, 15) is 4.39 Å². The van der Waals surface area contributed by atoms with Crippen LogP contribution in [0.25, 0.3) is 11.1 Å². The van der Waals surface area contributed by atoms with Crippen LogP contribution in [0.5, 0.6) is 0 Å². The zero-order chi connectivity index (χ0) is 20.6. The van der Waals surface area contributed by atoms with Crippen molar-refractivity contribution in [1.29, 1.82) is 0 Å². The first-order valence-electron chi connectivity index (χ1n) is 12.0. The van der Waals surface area contributed by atoms with Crippen LogP contribution in [0.3, 0.4) is 0 Å². The summed E-state index contributed by atoms with van der Waals surface area (Å²) in [4.78, 5) is 0. The van der Waals surface area contributed by atoms with Crippen molar-refractivity contribution in [2.24, 2.45) is 17.8 Å². The molecule has 0 radical (unpaired) electrons. The maximum atomic E-state index is 14.6. The first-order chi connectivity index (χ1) is 14.1. The summed E-state index contributed by atoms with van der Waals surface area (Å²) in [5.41, 5.74) is 4.20. The lowest BCUT2D eigenvalue weighted by molar-refractivity contribution is 0.177. The third-order valence-corrected chi connectivity index (χ3v) is 7.07. The first-order valence-corrected chi connectivity index (χ1v) is 12.0. The van der Waals surface area contributed by atoms with Crippen molar-refractivity contribution in [2.75, 3.05) is 0 Å². The maximum Gasteiger partial charge on any atom is 0.131 e. The zero-order valence-corrected chi connectivity index (χ0v) is 18.7. The summed E-state index contributed by atoms with van der Waals surface area (Å²) < 4.78 is 14.6. The van der Waals surface area contributed by atoms with E-state index >= 15 is 0 Å². The predicted molar refractivity (Wildman–Crippen MR) is 124 cm³/mol. The highest BCUT2D eigenvalue weighted by molar-refractivity contribution is 5.64. The van der Waals surface area contributed by atoms with Gasteiger partial charge in [-0.3, -0.25) is 0 Å². The van der Waals surface area contributed by atoms with E-state index in [1.54, 1.807) is 6.07 Å². The summed E-state index contributed by atoms with van der Waals surface area (Å²) in [5, 5.41) is 0. The van der Waals surface area contributed by atoms with Crippen molar-refractivity contribution in [3.63, 3.8) is 0 Å². The Morgan fingerprint density at radius 2 is 1.62 bits per heavy atom. The van der Waals surface area contributed by atoms with E-state index in [-0.39, 0.29) is 5.82 Å². The molecule has 0 nitrogen and oxygen atoms in total. The van der Waals surface area contributed by atoms with Gasteiger partial charge < -0.3 is 0 Å². The molecule has 0 saturated heterocycles. The molecule has 0 bridgehead atoms. The molecule has 0 N–H and O–H groups in total. The normalized spacial score (nSPS) is 22.0. The van der Waals surface area contributed by atoms with Crippen LogP contribution in [0.4, 0.5) is 4.39 Å². The Bertz CT molecular complexity index is 745. The smallest absolute Gasteiger partial charge is 0.131 e. The van der Waals surface area contributed by atoms with E-state index in [1.807, 2.05) is 6.07 Å². The van der Waals surface area contributed by atoms with Gasteiger partial charge in [0, 0.05) is 5.56 Å². The van der Waals surface area contributed by atoms with Gasteiger partial charge in [0.2, 0.25) is 0 Å². The van der Waals surface area contributed by atoms with Gasteiger partial charge in [-0.05, 0) is 79.0 Å². The number of benzene rings is 2. The molecule has 3 rings (SSSR count). The lowest BCUT2D eigenvalue weighted by Crippen LogP contribution is -2.23. The molecule has 3 atom stereocenters. The van der Waals surface area contributed by atoms with Crippen molar-refractivity contribution in [3.8, 4) is 11.1 Å². The number of halogens is 1. The van der Waals surface area contributed by atoms with Gasteiger partial charge in [-0.1, -0.05) is 82.9 Å². The fourth-order valence-corrected chi connectivity index (χ4v) is 5.20. The Kier molecular flexibility index (Phi) is 8.33. The van der Waals surface area contributed by atoms with Crippen LogP contribution in [0.15, 0.2) is 42.5 Å². The SMILES string of the molecule is CCCCc1ccc(-c2ccc(CCC3CCC(CCC)CC3C)cc2)c(F)c1. The van der Waals surface area contributed by atoms with Gasteiger partial charge in [0.1, 0.15) is 5.82 Å². The lowest BCUT2D eigenvalue weighted by atomic mass is 9.72. The van der Waals surface area contributed by atoms with Crippen LogP contribution in [-0.4, -0.2) is 0 Å². The largest absolute Gasteiger partial charge is 0.206 e. The fourth-order valence-electron chi connectivity index (χ4n) is 5.20. The third kappa shape index (κ3) is 6.17. The summed E-state index contributed by atoms with van der Waals surface area (Å²) in [6.45, 7) is 6.94. The second-order valence-corrected chi connectivity index (χ2v) is 9.36. The molecule has 1 heteroatoms. The first kappa shape index (κ1) is 22.1. The molecule has 0 heterocycles. The van der Waals surface area contributed by atoms with Gasteiger partial charge in [0.05, 0.1) is 0 Å². The number of hydrogen-bond acceptors (Lipinski definition) is 0. The average molecular weight is 395 g/mol.